The number of hydrogen-bond acceptors (Lipinski definition) is 8. The van der Waals surface area contributed by atoms with Gasteiger partial charge in [0.05, 0.1) is 13.2 Å². The topological polar surface area (TPSA) is 120 Å². The Balaban J connectivity index is 4.38. The molecule has 2 unspecified atom stereocenters. The molecule has 10 heteroatoms. The molecule has 0 aromatic carbocycles. The smallest absolute Gasteiger partial charge is 0.462 e. The molecular formula is C43H74NO8P. The predicted octanol–water partition coefficient (Wildman–Crippen LogP) is 11.4. The van der Waals surface area contributed by atoms with E-state index in [4.69, 9.17) is 18.5 Å². The van der Waals surface area contributed by atoms with Gasteiger partial charge in [-0.1, -0.05) is 157 Å². The summed E-state index contributed by atoms with van der Waals surface area (Å²) >= 11 is 0. The van der Waals surface area contributed by atoms with Crippen molar-refractivity contribution in [2.24, 2.45) is 0 Å². The van der Waals surface area contributed by atoms with Gasteiger partial charge >= 0.3 is 19.8 Å². The van der Waals surface area contributed by atoms with E-state index >= 15 is 0 Å². The lowest BCUT2D eigenvalue weighted by molar-refractivity contribution is -0.161. The first-order chi connectivity index (χ1) is 25.8. The first-order valence-corrected chi connectivity index (χ1v) is 21.9. The Hall–Kier alpha value is -2.55. The first kappa shape index (κ1) is 50.5. The van der Waals surface area contributed by atoms with Crippen molar-refractivity contribution in [1.29, 1.82) is 0 Å². The van der Waals surface area contributed by atoms with Gasteiger partial charge in [-0.2, -0.15) is 0 Å². The summed E-state index contributed by atoms with van der Waals surface area (Å²) in [7, 11) is -2.67. The van der Waals surface area contributed by atoms with E-state index in [2.05, 4.69) is 79.9 Å². The van der Waals surface area contributed by atoms with Gasteiger partial charge in [0.1, 0.15) is 6.61 Å². The van der Waals surface area contributed by atoms with Crippen LogP contribution in [0.25, 0.3) is 0 Å². The van der Waals surface area contributed by atoms with Gasteiger partial charge in [-0.15, -0.1) is 0 Å². The summed E-state index contributed by atoms with van der Waals surface area (Å²) in [5.74, 6) is -0.910. The van der Waals surface area contributed by atoms with Crippen LogP contribution in [0.3, 0.4) is 0 Å². The van der Waals surface area contributed by atoms with Gasteiger partial charge < -0.3 is 19.7 Å². The third-order valence-corrected chi connectivity index (χ3v) is 9.09. The fourth-order valence-corrected chi connectivity index (χ4v) is 5.80. The van der Waals surface area contributed by atoms with Gasteiger partial charge in [0.15, 0.2) is 6.10 Å². The average molecular weight is 764 g/mol. The number of ether oxygens (including phenoxy) is 2. The Labute approximate surface area is 323 Å². The number of allylic oxidation sites excluding steroid dienone is 12. The van der Waals surface area contributed by atoms with Gasteiger partial charge in [-0.3, -0.25) is 18.6 Å². The minimum absolute atomic E-state index is 0.0305. The van der Waals surface area contributed by atoms with Crippen LogP contribution in [0.2, 0.25) is 0 Å². The van der Waals surface area contributed by atoms with Gasteiger partial charge in [0.25, 0.3) is 0 Å². The van der Waals surface area contributed by atoms with Crippen LogP contribution in [0.15, 0.2) is 72.9 Å². The Morgan fingerprint density at radius 2 is 1.08 bits per heavy atom. The maximum absolute atomic E-state index is 12.6. The summed E-state index contributed by atoms with van der Waals surface area (Å²) in [6.45, 7) is 4.00. The number of hydrogen-bond donors (Lipinski definition) is 2. The third-order valence-electron chi connectivity index (χ3n) is 8.10. The molecule has 2 atom stereocenters. The van der Waals surface area contributed by atoms with Crippen LogP contribution in [0, 0.1) is 0 Å². The molecule has 0 spiro atoms. The highest BCUT2D eigenvalue weighted by molar-refractivity contribution is 7.47. The molecule has 0 aliphatic carbocycles. The molecule has 2 N–H and O–H groups in total. The van der Waals surface area contributed by atoms with E-state index in [1.54, 1.807) is 7.05 Å². The number of phosphoric ester groups is 1. The summed E-state index contributed by atoms with van der Waals surface area (Å²) in [4.78, 5) is 34.9. The van der Waals surface area contributed by atoms with Crippen molar-refractivity contribution >= 4 is 19.8 Å². The van der Waals surface area contributed by atoms with Crippen molar-refractivity contribution in [3.8, 4) is 0 Å². The van der Waals surface area contributed by atoms with Crippen molar-refractivity contribution in [3.63, 3.8) is 0 Å². The molecule has 0 fully saturated rings. The zero-order valence-electron chi connectivity index (χ0n) is 33.4. The Morgan fingerprint density at radius 3 is 1.57 bits per heavy atom. The number of phosphoric acid groups is 1. The summed E-state index contributed by atoms with van der Waals surface area (Å²) in [6, 6.07) is 0. The molecule has 0 heterocycles. The van der Waals surface area contributed by atoms with Gasteiger partial charge in [-0.05, 0) is 58.4 Å². The van der Waals surface area contributed by atoms with E-state index < -0.39 is 32.5 Å². The van der Waals surface area contributed by atoms with Crippen LogP contribution in [-0.2, 0) is 32.7 Å². The molecule has 53 heavy (non-hydrogen) atoms. The van der Waals surface area contributed by atoms with Gasteiger partial charge in [0.2, 0.25) is 0 Å². The summed E-state index contributed by atoms with van der Waals surface area (Å²) in [6.07, 6.45) is 45.3. The fraction of sp³-hybridized carbons (Fsp3) is 0.674. The minimum atomic E-state index is -4.36. The average Bonchev–Trinajstić information content (AvgIpc) is 3.14. The van der Waals surface area contributed by atoms with E-state index in [0.29, 0.717) is 19.4 Å². The molecule has 0 aliphatic heterocycles. The molecule has 0 radical (unpaired) electrons. The number of esters is 2. The number of unbranched alkanes of at least 4 members (excludes halogenated alkanes) is 11. The fourth-order valence-electron chi connectivity index (χ4n) is 5.05. The number of nitrogens with one attached hydrogen (secondary N) is 1. The molecule has 0 aliphatic rings. The monoisotopic (exact) mass is 764 g/mol. The van der Waals surface area contributed by atoms with Crippen LogP contribution < -0.4 is 5.32 Å². The second-order valence-corrected chi connectivity index (χ2v) is 14.5. The summed E-state index contributed by atoms with van der Waals surface area (Å²) in [5, 5.41) is 2.81. The molecule has 0 aromatic rings. The lowest BCUT2D eigenvalue weighted by Gasteiger charge is -2.20. The number of rotatable bonds is 37. The third kappa shape index (κ3) is 39.0. The van der Waals surface area contributed by atoms with E-state index in [1.807, 2.05) is 12.2 Å². The van der Waals surface area contributed by atoms with Crippen LogP contribution in [0.4, 0.5) is 0 Å². The molecule has 0 bridgehead atoms. The molecule has 0 saturated heterocycles. The zero-order chi connectivity index (χ0) is 38.9. The highest BCUT2D eigenvalue weighted by Crippen LogP contribution is 2.43. The largest absolute Gasteiger partial charge is 0.472 e. The lowest BCUT2D eigenvalue weighted by Crippen LogP contribution is -2.29. The molecule has 0 amide bonds. The molecule has 0 rings (SSSR count). The number of likely N-dealkylation sites (N-methyl/N-ethyl adjacent to an activating group) is 1. The normalized spacial score (nSPS) is 14.1. The van der Waals surface area contributed by atoms with Crippen LogP contribution in [0.1, 0.15) is 149 Å². The van der Waals surface area contributed by atoms with E-state index in [0.717, 1.165) is 57.8 Å². The minimum Gasteiger partial charge on any atom is -0.462 e. The molecule has 9 nitrogen and oxygen atoms in total. The van der Waals surface area contributed by atoms with Crippen molar-refractivity contribution < 1.29 is 37.6 Å². The van der Waals surface area contributed by atoms with Crippen LogP contribution >= 0.6 is 7.82 Å². The van der Waals surface area contributed by atoms with E-state index in [9.17, 15) is 19.0 Å². The first-order valence-electron chi connectivity index (χ1n) is 20.4. The molecule has 0 saturated carbocycles. The molecule has 0 aromatic heterocycles. The summed E-state index contributed by atoms with van der Waals surface area (Å²) < 4.78 is 33.0. The van der Waals surface area contributed by atoms with Crippen molar-refractivity contribution in [3.05, 3.63) is 72.9 Å². The molecule has 304 valence electrons. The zero-order valence-corrected chi connectivity index (χ0v) is 34.3. The van der Waals surface area contributed by atoms with Gasteiger partial charge in [0, 0.05) is 19.4 Å². The number of carbonyl (C=O) groups is 2. The van der Waals surface area contributed by atoms with Crippen LogP contribution in [-0.4, -0.2) is 56.3 Å². The van der Waals surface area contributed by atoms with E-state index in [-0.39, 0.29) is 26.1 Å². The highest BCUT2D eigenvalue weighted by Gasteiger charge is 2.26. The van der Waals surface area contributed by atoms with Crippen LogP contribution in [0.5, 0.6) is 0 Å². The van der Waals surface area contributed by atoms with Crippen molar-refractivity contribution in [2.75, 3.05) is 33.4 Å². The Morgan fingerprint density at radius 1 is 0.604 bits per heavy atom. The van der Waals surface area contributed by atoms with Crippen molar-refractivity contribution in [1.82, 2.24) is 5.32 Å². The quantitative estimate of drug-likeness (QED) is 0.0276. The van der Waals surface area contributed by atoms with Crippen molar-refractivity contribution in [2.45, 2.75) is 155 Å². The highest BCUT2D eigenvalue weighted by atomic mass is 31.2. The predicted molar refractivity (Wildman–Crippen MR) is 220 cm³/mol. The Bertz CT molecular complexity index is 1100. The summed E-state index contributed by atoms with van der Waals surface area (Å²) in [5.41, 5.74) is 0. The maximum Gasteiger partial charge on any atom is 0.472 e. The second-order valence-electron chi connectivity index (χ2n) is 13.1. The molecular weight excluding hydrogens is 689 g/mol. The standard InChI is InChI=1S/C43H74NO8P/c1-4-6-8-10-12-14-16-18-19-20-21-22-23-24-26-27-29-31-33-35-42(45)49-39-41(40-51-53(47,48)50-38-37-44-3)52-43(46)36-34-32-30-28-25-17-15-13-11-9-7-5-2/h6,8,12,14,18-19,21-22,24,26,29,31,41,44H,4-5,7,9-11,13,15-17,20,23,25,27-28,30,32-40H2,1-3H3,(H,47,48)/b8-6-,14-12-,19-18-,22-21-,26-24-,31-29-. The lowest BCUT2D eigenvalue weighted by atomic mass is 10.0. The Kier molecular flexibility index (Phi) is 37.3. The number of carbonyl (C=O) groups excluding carboxylic acids is 2. The van der Waals surface area contributed by atoms with Gasteiger partial charge in [-0.25, -0.2) is 4.57 Å². The second kappa shape index (κ2) is 39.2. The maximum atomic E-state index is 12.6. The SMILES string of the molecule is CC/C=C\C/C=C\C/C=C\C/C=C\C/C=C\C/C=C\CCC(=O)OCC(COP(=O)(O)OCCNC)OC(=O)CCCCCCCCCCCCCC. The van der Waals surface area contributed by atoms with E-state index in [1.165, 1.54) is 51.4 Å².